The third-order valence-corrected chi connectivity index (χ3v) is 7.25. The summed E-state index contributed by atoms with van der Waals surface area (Å²) in [5.74, 6) is 2.18. The van der Waals surface area contributed by atoms with Crippen LogP contribution in [-0.4, -0.2) is 35.5 Å². The zero-order chi connectivity index (χ0) is 18.6. The molecule has 1 aromatic carbocycles. The van der Waals surface area contributed by atoms with Crippen molar-refractivity contribution in [2.45, 2.75) is 51.2 Å². The first kappa shape index (κ1) is 17.1. The van der Waals surface area contributed by atoms with Gasteiger partial charge in [-0.3, -0.25) is 9.59 Å². The number of rotatable bonds is 1. The lowest BCUT2D eigenvalue weighted by Gasteiger charge is -2.55. The van der Waals surface area contributed by atoms with E-state index in [1.807, 2.05) is 24.3 Å². The molecule has 5 nitrogen and oxygen atoms in total. The van der Waals surface area contributed by atoms with E-state index >= 15 is 0 Å². The van der Waals surface area contributed by atoms with Crippen molar-refractivity contribution in [3.8, 4) is 5.75 Å². The van der Waals surface area contributed by atoms with Crippen LogP contribution in [0.2, 0.25) is 0 Å². The van der Waals surface area contributed by atoms with Gasteiger partial charge in [0.1, 0.15) is 5.75 Å². The topological polar surface area (TPSA) is 58.6 Å². The maximum Gasteiger partial charge on any atom is 0.258 e. The summed E-state index contributed by atoms with van der Waals surface area (Å²) in [6.07, 6.45) is 6.01. The predicted octanol–water partition coefficient (Wildman–Crippen LogP) is 3.20. The van der Waals surface area contributed by atoms with Gasteiger partial charge in [-0.05, 0) is 56.1 Å². The molecule has 4 fully saturated rings. The van der Waals surface area contributed by atoms with E-state index in [2.05, 4.69) is 17.1 Å². The first-order valence-corrected chi connectivity index (χ1v) is 10.4. The van der Waals surface area contributed by atoms with Gasteiger partial charge in [0.05, 0.1) is 5.56 Å². The number of nitrogens with zero attached hydrogens (tertiary/aromatic N) is 1. The predicted molar refractivity (Wildman–Crippen MR) is 101 cm³/mol. The van der Waals surface area contributed by atoms with Crippen LogP contribution in [0.5, 0.6) is 5.75 Å². The Morgan fingerprint density at radius 2 is 2.11 bits per heavy atom. The highest BCUT2D eigenvalue weighted by molar-refractivity contribution is 5.98. The molecule has 27 heavy (non-hydrogen) atoms. The minimum Gasteiger partial charge on any atom is -0.467 e. The summed E-state index contributed by atoms with van der Waals surface area (Å²) in [5.41, 5.74) is -0.0140. The Morgan fingerprint density at radius 1 is 1.26 bits per heavy atom. The van der Waals surface area contributed by atoms with Crippen molar-refractivity contribution in [2.75, 3.05) is 13.1 Å². The number of hydrogen-bond donors (Lipinski definition) is 1. The Bertz CT molecular complexity index is 779. The lowest BCUT2D eigenvalue weighted by molar-refractivity contribution is -0.156. The van der Waals surface area contributed by atoms with Crippen LogP contribution in [0.15, 0.2) is 24.3 Å². The molecule has 2 bridgehead atoms. The smallest absolute Gasteiger partial charge is 0.258 e. The Morgan fingerprint density at radius 3 is 2.89 bits per heavy atom. The second-order valence-corrected chi connectivity index (χ2v) is 9.05. The minimum atomic E-state index is -0.625. The van der Waals surface area contributed by atoms with E-state index in [0.29, 0.717) is 29.1 Å². The van der Waals surface area contributed by atoms with Crippen LogP contribution in [0, 0.1) is 23.7 Å². The van der Waals surface area contributed by atoms with Gasteiger partial charge in [0.15, 0.2) is 5.72 Å². The van der Waals surface area contributed by atoms with Crippen molar-refractivity contribution in [1.82, 2.24) is 10.2 Å². The normalized spacial score (nSPS) is 37.5. The van der Waals surface area contributed by atoms with Gasteiger partial charge in [0.2, 0.25) is 5.91 Å². The molecule has 0 aromatic heterocycles. The van der Waals surface area contributed by atoms with E-state index in [4.69, 9.17) is 4.74 Å². The fraction of sp³-hybridized carbons (Fsp3) is 0.636. The summed E-state index contributed by atoms with van der Waals surface area (Å²) in [4.78, 5) is 28.0. The van der Waals surface area contributed by atoms with E-state index in [9.17, 15) is 9.59 Å². The van der Waals surface area contributed by atoms with Crippen LogP contribution in [0.4, 0.5) is 0 Å². The highest BCUT2D eigenvalue weighted by Gasteiger charge is 2.57. The number of carbonyl (C=O) groups excluding carboxylic acids is 2. The zero-order valence-electron chi connectivity index (χ0n) is 15.9. The fourth-order valence-electron chi connectivity index (χ4n) is 5.89. The molecule has 1 saturated heterocycles. The summed E-state index contributed by atoms with van der Waals surface area (Å²) < 4.78 is 6.40. The molecule has 0 radical (unpaired) electrons. The van der Waals surface area contributed by atoms with Gasteiger partial charge in [-0.25, -0.2) is 0 Å². The van der Waals surface area contributed by atoms with Crippen LogP contribution < -0.4 is 10.1 Å². The molecule has 2 aliphatic heterocycles. The van der Waals surface area contributed by atoms with E-state index in [-0.39, 0.29) is 17.7 Å². The lowest BCUT2D eigenvalue weighted by atomic mass is 9.59. The first-order valence-electron chi connectivity index (χ1n) is 10.4. The Labute approximate surface area is 160 Å². The largest absolute Gasteiger partial charge is 0.467 e. The number of likely N-dealkylation sites (tertiary alicyclic amines) is 1. The van der Waals surface area contributed by atoms with Crippen molar-refractivity contribution in [3.63, 3.8) is 0 Å². The van der Waals surface area contributed by atoms with Crippen molar-refractivity contribution in [2.24, 2.45) is 23.7 Å². The summed E-state index contributed by atoms with van der Waals surface area (Å²) in [6, 6.07) is 7.47. The number of benzene rings is 1. The molecule has 6 rings (SSSR count). The molecule has 5 heteroatoms. The molecule has 5 unspecified atom stereocenters. The average molecular weight is 368 g/mol. The van der Waals surface area contributed by atoms with Gasteiger partial charge in [-0.2, -0.15) is 0 Å². The maximum absolute atomic E-state index is 13.2. The number of ether oxygens (including phenoxy) is 1. The highest BCUT2D eigenvalue weighted by Crippen LogP contribution is 2.52. The third-order valence-electron chi connectivity index (χ3n) is 7.25. The summed E-state index contributed by atoms with van der Waals surface area (Å²) in [7, 11) is 0. The molecule has 2 heterocycles. The number of hydrogen-bond acceptors (Lipinski definition) is 3. The van der Waals surface area contributed by atoms with Gasteiger partial charge in [-0.1, -0.05) is 19.1 Å². The number of fused-ring (bicyclic) bond motifs is 3. The molecule has 5 atom stereocenters. The van der Waals surface area contributed by atoms with Gasteiger partial charge < -0.3 is 15.0 Å². The molecule has 3 aliphatic carbocycles. The second kappa shape index (κ2) is 6.25. The maximum atomic E-state index is 13.2. The molecule has 2 amide bonds. The highest BCUT2D eigenvalue weighted by atomic mass is 16.5. The molecule has 1 aromatic rings. The minimum absolute atomic E-state index is 0.0443. The second-order valence-electron chi connectivity index (χ2n) is 9.05. The van der Waals surface area contributed by atoms with E-state index in [1.54, 1.807) is 0 Å². The van der Waals surface area contributed by atoms with Gasteiger partial charge in [-0.15, -0.1) is 0 Å². The van der Waals surface area contributed by atoms with Crippen molar-refractivity contribution in [1.29, 1.82) is 0 Å². The van der Waals surface area contributed by atoms with Crippen molar-refractivity contribution < 1.29 is 14.3 Å². The Kier molecular flexibility index (Phi) is 3.95. The number of amides is 2. The lowest BCUT2D eigenvalue weighted by Crippen LogP contribution is -2.67. The van der Waals surface area contributed by atoms with Gasteiger partial charge in [0.25, 0.3) is 5.91 Å². The van der Waals surface area contributed by atoms with E-state index < -0.39 is 5.72 Å². The monoisotopic (exact) mass is 368 g/mol. The molecule has 3 saturated carbocycles. The Balaban J connectivity index is 1.36. The number of piperidine rings is 1. The van der Waals surface area contributed by atoms with Crippen LogP contribution in [-0.2, 0) is 4.79 Å². The molecular weight excluding hydrogens is 340 g/mol. The molecule has 144 valence electrons. The van der Waals surface area contributed by atoms with E-state index in [1.165, 1.54) is 6.42 Å². The third kappa shape index (κ3) is 2.74. The molecular formula is C22H28N2O3. The zero-order valence-corrected chi connectivity index (χ0v) is 15.9. The van der Waals surface area contributed by atoms with Crippen LogP contribution in [0.25, 0.3) is 0 Å². The summed E-state index contributed by atoms with van der Waals surface area (Å²) in [5, 5.41) is 3.18. The van der Waals surface area contributed by atoms with Crippen LogP contribution in [0.3, 0.4) is 0 Å². The first-order chi connectivity index (χ1) is 13.1. The molecule has 5 aliphatic rings. The number of para-hydroxylation sites is 1. The number of carbonyl (C=O) groups is 2. The molecule has 1 N–H and O–H groups in total. The SMILES string of the molecule is CC1CCCN(C(=O)C2CC3CCC2CC32NC(=O)c3ccccc3O2)C1. The average Bonchev–Trinajstić information content (AvgIpc) is 2.68. The standard InChI is InChI=1S/C22H28N2O3/c1-14-5-4-10-24(13-14)21(26)18-11-16-9-8-15(18)12-22(16)23-20(25)17-6-2-3-7-19(17)27-22/h2-3,6-7,14-16,18H,4-5,8-13H2,1H3,(H,23,25). The summed E-state index contributed by atoms with van der Waals surface area (Å²) >= 11 is 0. The van der Waals surface area contributed by atoms with Crippen LogP contribution in [0.1, 0.15) is 55.8 Å². The van der Waals surface area contributed by atoms with Gasteiger partial charge >= 0.3 is 0 Å². The van der Waals surface area contributed by atoms with E-state index in [0.717, 1.165) is 45.2 Å². The van der Waals surface area contributed by atoms with Crippen molar-refractivity contribution >= 4 is 11.8 Å². The Hall–Kier alpha value is -2.04. The van der Waals surface area contributed by atoms with Crippen LogP contribution >= 0.6 is 0 Å². The fourth-order valence-corrected chi connectivity index (χ4v) is 5.89. The van der Waals surface area contributed by atoms with Crippen molar-refractivity contribution in [3.05, 3.63) is 29.8 Å². The quantitative estimate of drug-likeness (QED) is 0.828. The molecule has 1 spiro atoms. The van der Waals surface area contributed by atoms with Gasteiger partial charge in [0, 0.05) is 31.3 Å². The summed E-state index contributed by atoms with van der Waals surface area (Å²) in [6.45, 7) is 4.05. The number of nitrogens with one attached hydrogen (secondary N) is 1.